The number of hydrogen-bond acceptors (Lipinski definition) is 5. The summed E-state index contributed by atoms with van der Waals surface area (Å²) in [6, 6.07) is 17.9. The van der Waals surface area contributed by atoms with Gasteiger partial charge in [0.1, 0.15) is 11.6 Å². The van der Waals surface area contributed by atoms with Gasteiger partial charge in [0.2, 0.25) is 0 Å². The van der Waals surface area contributed by atoms with Crippen LogP contribution in [-0.2, 0) is 7.05 Å². The van der Waals surface area contributed by atoms with Gasteiger partial charge in [-0.2, -0.15) is 4.98 Å². The fraction of sp³-hybridized carbons (Fsp3) is 0.240. The molecule has 0 saturated carbocycles. The van der Waals surface area contributed by atoms with Gasteiger partial charge in [-0.3, -0.25) is 4.57 Å². The molecule has 4 aromatic rings. The monoisotopic (exact) mass is 445 g/mol. The lowest BCUT2D eigenvalue weighted by Gasteiger charge is -2.21. The van der Waals surface area contributed by atoms with Gasteiger partial charge < -0.3 is 9.80 Å². The molecule has 2 aromatic heterocycles. The molecule has 0 aliphatic carbocycles. The Morgan fingerprint density at radius 2 is 1.81 bits per heavy atom. The van der Waals surface area contributed by atoms with Crippen LogP contribution in [0.25, 0.3) is 22.0 Å². The van der Waals surface area contributed by atoms with Gasteiger partial charge in [-0.25, -0.2) is 9.78 Å². The van der Waals surface area contributed by atoms with Crippen LogP contribution in [0.15, 0.2) is 65.6 Å². The maximum Gasteiger partial charge on any atom is 0.349 e. The van der Waals surface area contributed by atoms with Crippen LogP contribution in [0.1, 0.15) is 12.8 Å². The van der Waals surface area contributed by atoms with Crippen LogP contribution in [0.3, 0.4) is 0 Å². The maximum atomic E-state index is 12.5. The highest BCUT2D eigenvalue weighted by Gasteiger charge is 2.16. The summed E-state index contributed by atoms with van der Waals surface area (Å²) in [5.41, 5.74) is 3.47. The second kappa shape index (κ2) is 8.28. The first kappa shape index (κ1) is 20.5. The summed E-state index contributed by atoms with van der Waals surface area (Å²) in [6.45, 7) is 2.16. The van der Waals surface area contributed by atoms with Crippen molar-refractivity contribution in [1.82, 2.24) is 14.5 Å². The van der Waals surface area contributed by atoms with E-state index in [0.29, 0.717) is 10.8 Å². The summed E-state index contributed by atoms with van der Waals surface area (Å²) in [5, 5.41) is 1.44. The van der Waals surface area contributed by atoms with Crippen molar-refractivity contribution in [2.45, 2.75) is 12.8 Å². The van der Waals surface area contributed by atoms with E-state index in [1.54, 1.807) is 13.1 Å². The zero-order valence-corrected chi connectivity index (χ0v) is 18.9. The van der Waals surface area contributed by atoms with E-state index in [0.717, 1.165) is 46.6 Å². The quantitative estimate of drug-likeness (QED) is 0.441. The second-order valence-corrected chi connectivity index (χ2v) is 8.58. The summed E-state index contributed by atoms with van der Waals surface area (Å²) < 4.78 is 1.52. The maximum absolute atomic E-state index is 12.5. The Morgan fingerprint density at radius 1 is 1.00 bits per heavy atom. The van der Waals surface area contributed by atoms with Crippen LogP contribution < -0.4 is 15.5 Å². The molecule has 1 aliphatic rings. The Kier molecular flexibility index (Phi) is 5.31. The van der Waals surface area contributed by atoms with Gasteiger partial charge in [0.25, 0.3) is 0 Å². The first-order valence-corrected chi connectivity index (χ1v) is 11.1. The van der Waals surface area contributed by atoms with E-state index < -0.39 is 0 Å². The average molecular weight is 446 g/mol. The van der Waals surface area contributed by atoms with E-state index in [1.165, 1.54) is 17.4 Å². The standard InChI is InChI=1S/C25H24ClN5O/c1-29(24-21-10-9-19(26)15-22(21)30(2)25(32)28-24)20-7-5-6-17(14-20)18-8-11-23(27-16-18)31-12-3-4-13-31/h5-11,14-16H,3-4,12-13H2,1-2H3. The molecule has 162 valence electrons. The van der Waals surface area contributed by atoms with Crippen molar-refractivity contribution >= 4 is 39.8 Å². The predicted molar refractivity (Wildman–Crippen MR) is 131 cm³/mol. The van der Waals surface area contributed by atoms with Crippen LogP contribution >= 0.6 is 11.6 Å². The minimum Gasteiger partial charge on any atom is -0.357 e. The number of aryl methyl sites for hydroxylation is 1. The number of rotatable bonds is 4. The first-order valence-electron chi connectivity index (χ1n) is 10.7. The number of halogens is 1. The van der Waals surface area contributed by atoms with Gasteiger partial charge in [0.05, 0.1) is 5.52 Å². The Bertz CT molecular complexity index is 1340. The van der Waals surface area contributed by atoms with Crippen molar-refractivity contribution in [3.8, 4) is 11.1 Å². The Labute approximate surface area is 191 Å². The lowest BCUT2D eigenvalue weighted by atomic mass is 10.1. The lowest BCUT2D eigenvalue weighted by Crippen LogP contribution is -2.24. The molecular weight excluding hydrogens is 422 g/mol. The lowest BCUT2D eigenvalue weighted by molar-refractivity contribution is 0.848. The summed E-state index contributed by atoms with van der Waals surface area (Å²) in [7, 11) is 3.63. The third-order valence-electron chi connectivity index (χ3n) is 6.11. The van der Waals surface area contributed by atoms with Gasteiger partial charge in [-0.1, -0.05) is 23.7 Å². The second-order valence-electron chi connectivity index (χ2n) is 8.15. The normalized spacial score (nSPS) is 13.7. The Balaban J connectivity index is 1.51. The number of hydrogen-bond donors (Lipinski definition) is 0. The summed E-state index contributed by atoms with van der Waals surface area (Å²) in [6.07, 6.45) is 4.39. The van der Waals surface area contributed by atoms with Crippen molar-refractivity contribution < 1.29 is 0 Å². The predicted octanol–water partition coefficient (Wildman–Crippen LogP) is 5.02. The molecule has 7 heteroatoms. The van der Waals surface area contributed by atoms with Gasteiger partial charge in [-0.15, -0.1) is 0 Å². The minimum atomic E-state index is -0.320. The number of fused-ring (bicyclic) bond motifs is 1. The highest BCUT2D eigenvalue weighted by molar-refractivity contribution is 6.31. The van der Waals surface area contributed by atoms with Gasteiger partial charge in [-0.05, 0) is 60.9 Å². The molecule has 1 fully saturated rings. The highest BCUT2D eigenvalue weighted by Crippen LogP contribution is 2.32. The molecule has 6 nitrogen and oxygen atoms in total. The van der Waals surface area contributed by atoms with E-state index in [2.05, 4.69) is 39.1 Å². The van der Waals surface area contributed by atoms with E-state index >= 15 is 0 Å². The average Bonchev–Trinajstić information content (AvgIpc) is 3.36. The molecule has 5 rings (SSSR count). The number of nitrogens with zero attached hydrogens (tertiary/aromatic N) is 5. The minimum absolute atomic E-state index is 0.320. The molecule has 0 N–H and O–H groups in total. The molecule has 0 amide bonds. The summed E-state index contributed by atoms with van der Waals surface area (Å²) in [4.78, 5) is 25.8. The number of anilines is 3. The molecule has 2 aromatic carbocycles. The summed E-state index contributed by atoms with van der Waals surface area (Å²) in [5.74, 6) is 1.63. The molecular formula is C25H24ClN5O. The van der Waals surface area contributed by atoms with Crippen LogP contribution in [0.4, 0.5) is 17.3 Å². The van der Waals surface area contributed by atoms with Gasteiger partial charge in [0.15, 0.2) is 0 Å². The smallest absolute Gasteiger partial charge is 0.349 e. The number of benzene rings is 2. The van der Waals surface area contributed by atoms with Crippen molar-refractivity contribution in [1.29, 1.82) is 0 Å². The molecule has 0 spiro atoms. The number of pyridine rings is 1. The Morgan fingerprint density at radius 3 is 2.56 bits per heavy atom. The largest absolute Gasteiger partial charge is 0.357 e. The zero-order valence-electron chi connectivity index (χ0n) is 18.1. The SMILES string of the molecule is CN(c1cccc(-c2ccc(N3CCCC3)nc2)c1)c1nc(=O)n(C)c2cc(Cl)ccc12. The van der Waals surface area contributed by atoms with Gasteiger partial charge in [0, 0.05) is 55.0 Å². The van der Waals surface area contributed by atoms with Crippen LogP contribution in [-0.4, -0.2) is 34.7 Å². The third kappa shape index (κ3) is 3.71. The molecule has 0 radical (unpaired) electrons. The van der Waals surface area contributed by atoms with E-state index in [-0.39, 0.29) is 5.69 Å². The van der Waals surface area contributed by atoms with Crippen LogP contribution in [0, 0.1) is 0 Å². The van der Waals surface area contributed by atoms with E-state index in [4.69, 9.17) is 11.6 Å². The van der Waals surface area contributed by atoms with Crippen molar-refractivity contribution in [3.63, 3.8) is 0 Å². The molecule has 1 saturated heterocycles. The third-order valence-corrected chi connectivity index (χ3v) is 6.35. The fourth-order valence-corrected chi connectivity index (χ4v) is 4.43. The van der Waals surface area contributed by atoms with Crippen LogP contribution in [0.2, 0.25) is 5.02 Å². The molecule has 0 bridgehead atoms. The van der Waals surface area contributed by atoms with E-state index in [9.17, 15) is 4.79 Å². The topological polar surface area (TPSA) is 54.3 Å². The Hall–Kier alpha value is -3.38. The van der Waals surface area contributed by atoms with Crippen molar-refractivity contribution in [2.75, 3.05) is 29.9 Å². The molecule has 1 aliphatic heterocycles. The first-order chi connectivity index (χ1) is 15.5. The molecule has 0 atom stereocenters. The number of aromatic nitrogens is 3. The van der Waals surface area contributed by atoms with Crippen molar-refractivity contribution in [3.05, 3.63) is 76.3 Å². The molecule has 3 heterocycles. The molecule has 0 unspecified atom stereocenters. The zero-order chi connectivity index (χ0) is 22.2. The molecule has 32 heavy (non-hydrogen) atoms. The van der Waals surface area contributed by atoms with Gasteiger partial charge >= 0.3 is 5.69 Å². The van der Waals surface area contributed by atoms with Crippen LogP contribution in [0.5, 0.6) is 0 Å². The van der Waals surface area contributed by atoms with Crippen molar-refractivity contribution in [2.24, 2.45) is 7.05 Å². The summed E-state index contributed by atoms with van der Waals surface area (Å²) >= 11 is 6.17. The fourth-order valence-electron chi connectivity index (χ4n) is 4.26. The van der Waals surface area contributed by atoms with E-state index in [1.807, 2.05) is 42.4 Å². The highest BCUT2D eigenvalue weighted by atomic mass is 35.5.